The molecule has 0 unspecified atom stereocenters. The minimum absolute atomic E-state index is 0.0290. The summed E-state index contributed by atoms with van der Waals surface area (Å²) in [5, 5.41) is 0. The van der Waals surface area contributed by atoms with Crippen LogP contribution in [-0.2, 0) is 6.54 Å². The van der Waals surface area contributed by atoms with Crippen LogP contribution in [0.1, 0.15) is 35.7 Å². The lowest BCUT2D eigenvalue weighted by molar-refractivity contribution is 0.0738. The number of amides is 1. The van der Waals surface area contributed by atoms with Gasteiger partial charge in [0.05, 0.1) is 11.8 Å². The van der Waals surface area contributed by atoms with Crippen LogP contribution in [-0.4, -0.2) is 24.1 Å². The van der Waals surface area contributed by atoms with E-state index >= 15 is 0 Å². The Morgan fingerprint density at radius 2 is 2.18 bits per heavy atom. The van der Waals surface area contributed by atoms with Gasteiger partial charge in [-0.15, -0.1) is 0 Å². The quantitative estimate of drug-likeness (QED) is 0.820. The highest BCUT2D eigenvalue weighted by atomic mass is 16.7. The fourth-order valence-corrected chi connectivity index (χ4v) is 2.49. The lowest BCUT2D eigenvalue weighted by Gasteiger charge is -2.22. The van der Waals surface area contributed by atoms with Crippen LogP contribution >= 0.6 is 0 Å². The molecule has 1 aromatic carbocycles. The first-order valence-corrected chi connectivity index (χ1v) is 7.48. The highest BCUT2D eigenvalue weighted by Crippen LogP contribution is 2.36. The van der Waals surface area contributed by atoms with Crippen LogP contribution in [0.4, 0.5) is 0 Å². The monoisotopic (exact) mass is 301 g/mol. The van der Waals surface area contributed by atoms with E-state index in [0.717, 1.165) is 29.9 Å². The number of furan rings is 1. The van der Waals surface area contributed by atoms with Crippen LogP contribution in [0.25, 0.3) is 0 Å². The molecule has 0 spiro atoms. The van der Waals surface area contributed by atoms with Crippen molar-refractivity contribution in [1.82, 2.24) is 4.90 Å². The zero-order valence-electron chi connectivity index (χ0n) is 12.6. The Morgan fingerprint density at radius 3 is 2.95 bits per heavy atom. The molecule has 22 heavy (non-hydrogen) atoms. The van der Waals surface area contributed by atoms with Gasteiger partial charge in [0.25, 0.3) is 5.91 Å². The van der Waals surface area contributed by atoms with Gasteiger partial charge in [0.2, 0.25) is 6.79 Å². The number of hydrogen-bond donors (Lipinski definition) is 0. The van der Waals surface area contributed by atoms with Gasteiger partial charge >= 0.3 is 0 Å². The van der Waals surface area contributed by atoms with Crippen LogP contribution in [0.15, 0.2) is 41.2 Å². The highest BCUT2D eigenvalue weighted by molar-refractivity contribution is 5.93. The summed E-state index contributed by atoms with van der Waals surface area (Å²) in [5.41, 5.74) is 1.53. The minimum Gasteiger partial charge on any atom is -0.472 e. The molecule has 0 saturated heterocycles. The zero-order valence-corrected chi connectivity index (χ0v) is 12.6. The molecule has 1 aliphatic heterocycles. The first-order valence-electron chi connectivity index (χ1n) is 7.48. The topological polar surface area (TPSA) is 51.9 Å². The Labute approximate surface area is 129 Å². The molecule has 0 N–H and O–H groups in total. The zero-order chi connectivity index (χ0) is 15.4. The Hall–Kier alpha value is -2.43. The molecule has 0 atom stereocenters. The van der Waals surface area contributed by atoms with E-state index < -0.39 is 0 Å². The molecule has 0 radical (unpaired) electrons. The second kappa shape index (κ2) is 6.56. The molecule has 1 amide bonds. The second-order valence-corrected chi connectivity index (χ2v) is 5.24. The summed E-state index contributed by atoms with van der Waals surface area (Å²) in [5.74, 6) is 1.45. The van der Waals surface area contributed by atoms with Crippen molar-refractivity contribution >= 4 is 5.91 Å². The summed E-state index contributed by atoms with van der Waals surface area (Å²) in [6, 6.07) is 7.45. The molecule has 1 aliphatic rings. The van der Waals surface area contributed by atoms with Gasteiger partial charge in [-0.2, -0.15) is 0 Å². The first kappa shape index (κ1) is 14.5. The van der Waals surface area contributed by atoms with Gasteiger partial charge in [-0.1, -0.05) is 25.5 Å². The fourth-order valence-electron chi connectivity index (χ4n) is 2.49. The number of rotatable bonds is 6. The second-order valence-electron chi connectivity index (χ2n) is 5.24. The number of carbonyl (C=O) groups is 1. The van der Waals surface area contributed by atoms with E-state index in [-0.39, 0.29) is 12.7 Å². The SMILES string of the molecule is CCCCN(Cc1cccc2c1OCO2)C(=O)c1ccoc1. The van der Waals surface area contributed by atoms with Crippen molar-refractivity contribution < 1.29 is 18.7 Å². The molecular formula is C17H19NO4. The third kappa shape index (κ3) is 2.93. The van der Waals surface area contributed by atoms with Crippen molar-refractivity contribution in [3.63, 3.8) is 0 Å². The number of ether oxygens (including phenoxy) is 2. The lowest BCUT2D eigenvalue weighted by atomic mass is 10.1. The molecule has 5 nitrogen and oxygen atoms in total. The molecule has 1 aromatic heterocycles. The third-order valence-corrected chi connectivity index (χ3v) is 3.68. The Kier molecular flexibility index (Phi) is 4.32. The van der Waals surface area contributed by atoms with E-state index in [1.165, 1.54) is 12.5 Å². The molecule has 5 heteroatoms. The number of nitrogens with zero attached hydrogens (tertiary/aromatic N) is 1. The number of hydrogen-bond acceptors (Lipinski definition) is 4. The molecule has 2 heterocycles. The van der Waals surface area contributed by atoms with Crippen molar-refractivity contribution in [2.24, 2.45) is 0 Å². The molecule has 116 valence electrons. The Morgan fingerprint density at radius 1 is 1.27 bits per heavy atom. The van der Waals surface area contributed by atoms with E-state index in [2.05, 4.69) is 6.92 Å². The maximum Gasteiger partial charge on any atom is 0.257 e. The van der Waals surface area contributed by atoms with E-state index in [1.807, 2.05) is 23.1 Å². The van der Waals surface area contributed by atoms with Gasteiger partial charge in [-0.25, -0.2) is 0 Å². The van der Waals surface area contributed by atoms with Crippen molar-refractivity contribution in [3.05, 3.63) is 47.9 Å². The van der Waals surface area contributed by atoms with Crippen molar-refractivity contribution in [3.8, 4) is 11.5 Å². The number of unbranched alkanes of at least 4 members (excludes halogenated alkanes) is 1. The smallest absolute Gasteiger partial charge is 0.257 e. The van der Waals surface area contributed by atoms with Gasteiger partial charge in [0, 0.05) is 18.7 Å². The van der Waals surface area contributed by atoms with Gasteiger partial charge < -0.3 is 18.8 Å². The average Bonchev–Trinajstić information content (AvgIpc) is 3.21. The van der Waals surface area contributed by atoms with E-state index in [0.29, 0.717) is 18.7 Å². The molecule has 0 saturated carbocycles. The van der Waals surface area contributed by atoms with Crippen LogP contribution in [0.2, 0.25) is 0 Å². The Bertz CT molecular complexity index is 636. The van der Waals surface area contributed by atoms with Gasteiger partial charge in [-0.05, 0) is 18.6 Å². The molecule has 0 fully saturated rings. The number of carbonyl (C=O) groups excluding carboxylic acids is 1. The van der Waals surface area contributed by atoms with Crippen molar-refractivity contribution in [2.45, 2.75) is 26.3 Å². The standard InChI is InChI=1S/C17H19NO4/c1-2-3-8-18(17(19)14-7-9-20-11-14)10-13-5-4-6-15-16(13)22-12-21-15/h4-7,9,11H,2-3,8,10,12H2,1H3. The van der Waals surface area contributed by atoms with E-state index in [9.17, 15) is 4.79 Å². The van der Waals surface area contributed by atoms with Crippen LogP contribution in [0, 0.1) is 0 Å². The van der Waals surface area contributed by atoms with Crippen LogP contribution < -0.4 is 9.47 Å². The molecule has 0 aliphatic carbocycles. The predicted molar refractivity (Wildman–Crippen MR) is 80.9 cm³/mol. The van der Waals surface area contributed by atoms with Gasteiger partial charge in [0.15, 0.2) is 11.5 Å². The predicted octanol–water partition coefficient (Wildman–Crippen LogP) is 3.45. The normalized spacial score (nSPS) is 12.4. The number of fused-ring (bicyclic) bond motifs is 1. The van der Waals surface area contributed by atoms with Crippen LogP contribution in [0.5, 0.6) is 11.5 Å². The number of benzene rings is 1. The summed E-state index contributed by atoms with van der Waals surface area (Å²) >= 11 is 0. The highest BCUT2D eigenvalue weighted by Gasteiger charge is 2.22. The van der Waals surface area contributed by atoms with E-state index in [1.54, 1.807) is 6.07 Å². The third-order valence-electron chi connectivity index (χ3n) is 3.68. The van der Waals surface area contributed by atoms with E-state index in [4.69, 9.17) is 13.9 Å². The average molecular weight is 301 g/mol. The molecule has 3 rings (SSSR count). The summed E-state index contributed by atoms with van der Waals surface area (Å²) in [6.07, 6.45) is 4.98. The first-order chi connectivity index (χ1) is 10.8. The van der Waals surface area contributed by atoms with Gasteiger partial charge in [-0.3, -0.25) is 4.79 Å². The van der Waals surface area contributed by atoms with Crippen molar-refractivity contribution in [2.75, 3.05) is 13.3 Å². The molecular weight excluding hydrogens is 282 g/mol. The summed E-state index contributed by atoms with van der Waals surface area (Å²) in [6.45, 7) is 3.54. The summed E-state index contributed by atoms with van der Waals surface area (Å²) < 4.78 is 15.9. The maximum absolute atomic E-state index is 12.6. The molecule has 2 aromatic rings. The molecule has 0 bridgehead atoms. The summed E-state index contributed by atoms with van der Waals surface area (Å²) in [4.78, 5) is 14.4. The minimum atomic E-state index is -0.0290. The van der Waals surface area contributed by atoms with Crippen LogP contribution in [0.3, 0.4) is 0 Å². The lowest BCUT2D eigenvalue weighted by Crippen LogP contribution is -2.31. The summed E-state index contributed by atoms with van der Waals surface area (Å²) in [7, 11) is 0. The number of para-hydroxylation sites is 1. The maximum atomic E-state index is 12.6. The van der Waals surface area contributed by atoms with Gasteiger partial charge in [0.1, 0.15) is 6.26 Å². The largest absolute Gasteiger partial charge is 0.472 e. The fraction of sp³-hybridized carbons (Fsp3) is 0.353. The Balaban J connectivity index is 1.81. The van der Waals surface area contributed by atoms with Crippen molar-refractivity contribution in [1.29, 1.82) is 0 Å².